The first kappa shape index (κ1) is 8.31. The monoisotopic (exact) mass is 180 g/mol. The molecule has 1 heterocycles. The van der Waals surface area contributed by atoms with Gasteiger partial charge in [0.15, 0.2) is 0 Å². The fourth-order valence-corrected chi connectivity index (χ4v) is 1.40. The molecule has 0 aliphatic heterocycles. The molecule has 70 valence electrons. The van der Waals surface area contributed by atoms with Crippen molar-refractivity contribution in [2.24, 2.45) is 0 Å². The lowest BCUT2D eigenvalue weighted by atomic mass is 10.4. The third-order valence-corrected chi connectivity index (χ3v) is 2.15. The minimum atomic E-state index is -0.181. The third-order valence-electron chi connectivity index (χ3n) is 2.15. The van der Waals surface area contributed by atoms with Gasteiger partial charge in [-0.25, -0.2) is 5.48 Å². The van der Waals surface area contributed by atoms with E-state index in [1.807, 2.05) is 16.8 Å². The van der Waals surface area contributed by atoms with Crippen molar-refractivity contribution in [3.05, 3.63) is 24.0 Å². The molecule has 4 nitrogen and oxygen atoms in total. The van der Waals surface area contributed by atoms with Gasteiger partial charge in [0.25, 0.3) is 5.91 Å². The highest BCUT2D eigenvalue weighted by molar-refractivity contribution is 5.92. The third kappa shape index (κ3) is 1.58. The fraction of sp³-hybridized carbons (Fsp3) is 0.444. The van der Waals surface area contributed by atoms with Crippen LogP contribution in [-0.4, -0.2) is 17.6 Å². The van der Waals surface area contributed by atoms with Crippen LogP contribution in [0.3, 0.4) is 0 Å². The number of hydrogen-bond acceptors (Lipinski definition) is 2. The zero-order valence-electron chi connectivity index (χ0n) is 7.49. The lowest BCUT2D eigenvalue weighted by Crippen LogP contribution is -2.24. The van der Waals surface area contributed by atoms with Gasteiger partial charge in [-0.15, -0.1) is 0 Å². The molecule has 1 saturated carbocycles. The summed E-state index contributed by atoms with van der Waals surface area (Å²) in [4.78, 5) is 16.0. The predicted molar refractivity (Wildman–Crippen MR) is 47.2 cm³/mol. The van der Waals surface area contributed by atoms with Crippen LogP contribution in [0.1, 0.15) is 29.4 Å². The molecule has 0 bridgehead atoms. The molecule has 1 aliphatic rings. The van der Waals surface area contributed by atoms with Crippen molar-refractivity contribution in [2.75, 3.05) is 7.11 Å². The molecule has 1 fully saturated rings. The van der Waals surface area contributed by atoms with E-state index in [2.05, 4.69) is 10.3 Å². The Hall–Kier alpha value is -1.29. The number of carbonyl (C=O) groups is 1. The van der Waals surface area contributed by atoms with Crippen LogP contribution in [0.25, 0.3) is 0 Å². The van der Waals surface area contributed by atoms with E-state index in [0.717, 1.165) is 0 Å². The second-order valence-corrected chi connectivity index (χ2v) is 3.17. The molecule has 2 rings (SSSR count). The summed E-state index contributed by atoms with van der Waals surface area (Å²) < 4.78 is 1.99. The highest BCUT2D eigenvalue weighted by atomic mass is 16.6. The Morgan fingerprint density at radius 2 is 2.46 bits per heavy atom. The van der Waals surface area contributed by atoms with E-state index < -0.39 is 0 Å². The van der Waals surface area contributed by atoms with Crippen molar-refractivity contribution in [2.45, 2.75) is 18.9 Å². The zero-order valence-corrected chi connectivity index (χ0v) is 7.49. The van der Waals surface area contributed by atoms with Crippen LogP contribution >= 0.6 is 0 Å². The van der Waals surface area contributed by atoms with Gasteiger partial charge in [-0.2, -0.15) is 0 Å². The van der Waals surface area contributed by atoms with E-state index in [0.29, 0.717) is 11.7 Å². The average Bonchev–Trinajstić information content (AvgIpc) is 2.84. The van der Waals surface area contributed by atoms with Gasteiger partial charge in [-0.05, 0) is 25.0 Å². The summed E-state index contributed by atoms with van der Waals surface area (Å²) in [5.41, 5.74) is 2.98. The lowest BCUT2D eigenvalue weighted by Gasteiger charge is -2.06. The molecule has 0 atom stereocenters. The van der Waals surface area contributed by atoms with Gasteiger partial charge in [0.2, 0.25) is 0 Å². The minimum Gasteiger partial charge on any atom is -0.340 e. The van der Waals surface area contributed by atoms with Crippen LogP contribution in [-0.2, 0) is 4.84 Å². The molecule has 1 aromatic heterocycles. The van der Waals surface area contributed by atoms with Gasteiger partial charge in [-0.3, -0.25) is 9.63 Å². The standard InChI is InChI=1S/C9H12N2O2/c1-13-10-9(12)8-3-2-6-11(8)7-4-5-7/h2-3,6-7H,4-5H2,1H3,(H,10,12). The maximum atomic E-state index is 11.4. The van der Waals surface area contributed by atoms with Crippen LogP contribution in [0.5, 0.6) is 0 Å². The molecular weight excluding hydrogens is 168 g/mol. The first-order valence-electron chi connectivity index (χ1n) is 4.33. The van der Waals surface area contributed by atoms with Crippen molar-refractivity contribution in [1.82, 2.24) is 10.0 Å². The molecule has 0 aromatic carbocycles. The van der Waals surface area contributed by atoms with Gasteiger partial charge in [0.1, 0.15) is 5.69 Å². The van der Waals surface area contributed by atoms with Gasteiger partial charge < -0.3 is 4.57 Å². The molecule has 1 N–H and O–H groups in total. The SMILES string of the molecule is CONC(=O)c1cccn1C1CC1. The van der Waals surface area contributed by atoms with E-state index in [9.17, 15) is 4.79 Å². The summed E-state index contributed by atoms with van der Waals surface area (Å²) in [7, 11) is 1.43. The molecule has 13 heavy (non-hydrogen) atoms. The molecule has 0 spiro atoms. The van der Waals surface area contributed by atoms with E-state index >= 15 is 0 Å². The highest BCUT2D eigenvalue weighted by Gasteiger charge is 2.26. The zero-order chi connectivity index (χ0) is 9.26. The van der Waals surface area contributed by atoms with Crippen LogP contribution in [0.2, 0.25) is 0 Å². The Morgan fingerprint density at radius 3 is 3.08 bits per heavy atom. The van der Waals surface area contributed by atoms with E-state index in [-0.39, 0.29) is 5.91 Å². The topological polar surface area (TPSA) is 43.3 Å². The van der Waals surface area contributed by atoms with E-state index in [4.69, 9.17) is 0 Å². The molecule has 0 radical (unpaired) electrons. The largest absolute Gasteiger partial charge is 0.340 e. The number of aromatic nitrogens is 1. The number of rotatable bonds is 3. The normalized spacial score (nSPS) is 15.8. The predicted octanol–water partition coefficient (Wildman–Crippen LogP) is 1.11. The smallest absolute Gasteiger partial charge is 0.291 e. The lowest BCUT2D eigenvalue weighted by molar-refractivity contribution is 0.0528. The van der Waals surface area contributed by atoms with Crippen LogP contribution in [0, 0.1) is 0 Å². The average molecular weight is 180 g/mol. The maximum Gasteiger partial charge on any atom is 0.291 e. The molecule has 1 aliphatic carbocycles. The van der Waals surface area contributed by atoms with Gasteiger partial charge in [0.05, 0.1) is 7.11 Å². The summed E-state index contributed by atoms with van der Waals surface area (Å²) in [6, 6.07) is 4.20. The molecule has 0 unspecified atom stereocenters. The second kappa shape index (κ2) is 3.22. The summed E-state index contributed by atoms with van der Waals surface area (Å²) in [5.74, 6) is -0.181. The maximum absolute atomic E-state index is 11.4. The number of nitrogens with zero attached hydrogens (tertiary/aromatic N) is 1. The van der Waals surface area contributed by atoms with Crippen molar-refractivity contribution >= 4 is 5.91 Å². The number of carbonyl (C=O) groups excluding carboxylic acids is 1. The second-order valence-electron chi connectivity index (χ2n) is 3.17. The number of hydrogen-bond donors (Lipinski definition) is 1. The summed E-state index contributed by atoms with van der Waals surface area (Å²) in [5, 5.41) is 0. The van der Waals surface area contributed by atoms with E-state index in [1.54, 1.807) is 6.07 Å². The van der Waals surface area contributed by atoms with Crippen LogP contribution in [0.15, 0.2) is 18.3 Å². The van der Waals surface area contributed by atoms with Crippen molar-refractivity contribution in [3.8, 4) is 0 Å². The molecule has 1 amide bonds. The molecule has 0 saturated heterocycles. The fourth-order valence-electron chi connectivity index (χ4n) is 1.40. The van der Waals surface area contributed by atoms with Gasteiger partial charge in [-0.1, -0.05) is 0 Å². The van der Waals surface area contributed by atoms with Crippen molar-refractivity contribution in [1.29, 1.82) is 0 Å². The summed E-state index contributed by atoms with van der Waals surface area (Å²) >= 11 is 0. The quantitative estimate of drug-likeness (QED) is 0.708. The van der Waals surface area contributed by atoms with Crippen LogP contribution < -0.4 is 5.48 Å². The van der Waals surface area contributed by atoms with E-state index in [1.165, 1.54) is 20.0 Å². The van der Waals surface area contributed by atoms with Gasteiger partial charge in [0, 0.05) is 12.2 Å². The number of amides is 1. The number of hydroxylamine groups is 1. The Bertz CT molecular complexity index is 315. The van der Waals surface area contributed by atoms with Gasteiger partial charge >= 0.3 is 0 Å². The summed E-state index contributed by atoms with van der Waals surface area (Å²) in [6.07, 6.45) is 4.27. The highest BCUT2D eigenvalue weighted by Crippen LogP contribution is 2.35. The van der Waals surface area contributed by atoms with Crippen molar-refractivity contribution in [3.63, 3.8) is 0 Å². The molecule has 4 heteroatoms. The Morgan fingerprint density at radius 1 is 1.69 bits per heavy atom. The number of nitrogens with one attached hydrogen (secondary N) is 1. The summed E-state index contributed by atoms with van der Waals surface area (Å²) in [6.45, 7) is 0. The minimum absolute atomic E-state index is 0.181. The molecule has 1 aromatic rings. The first-order valence-corrected chi connectivity index (χ1v) is 4.33. The Labute approximate surface area is 76.4 Å². The Kier molecular flexibility index (Phi) is 2.06. The van der Waals surface area contributed by atoms with Crippen LogP contribution in [0.4, 0.5) is 0 Å². The molecular formula is C9H12N2O2. The van der Waals surface area contributed by atoms with Crippen molar-refractivity contribution < 1.29 is 9.63 Å². The Balaban J connectivity index is 2.18. The first-order chi connectivity index (χ1) is 6.33.